The molecule has 334 valence electrons. The summed E-state index contributed by atoms with van der Waals surface area (Å²) in [5.41, 5.74) is 14.8. The van der Waals surface area contributed by atoms with Crippen molar-refractivity contribution < 1.29 is 9.59 Å². The Hall–Kier alpha value is -10.3. The molecule has 14 rings (SSSR count). The first-order valence-electron chi connectivity index (χ1n) is 23.7. The molecule has 3 aromatic heterocycles. The van der Waals surface area contributed by atoms with Crippen molar-refractivity contribution in [3.63, 3.8) is 0 Å². The molecule has 0 aliphatic carbocycles. The summed E-state index contributed by atoms with van der Waals surface area (Å²) in [4.78, 5) is 29.6. The van der Waals surface area contributed by atoms with Gasteiger partial charge in [0, 0.05) is 43.7 Å². The zero-order valence-corrected chi connectivity index (χ0v) is 38.3. The number of imide groups is 1. The molecule has 8 heteroatoms. The Morgan fingerprint density at radius 2 is 0.694 bits per heavy atom. The molecule has 0 radical (unpaired) electrons. The highest BCUT2D eigenvalue weighted by Gasteiger charge is 2.38. The molecule has 0 unspecified atom stereocenters. The molecule has 0 saturated heterocycles. The molecule has 72 heavy (non-hydrogen) atoms. The van der Waals surface area contributed by atoms with E-state index in [2.05, 4.69) is 165 Å². The first-order chi connectivity index (χ1) is 35.4. The average Bonchev–Trinajstić information content (AvgIpc) is 4.14. The van der Waals surface area contributed by atoms with Crippen molar-refractivity contribution in [3.8, 4) is 51.5 Å². The molecule has 4 heterocycles. The van der Waals surface area contributed by atoms with Gasteiger partial charge in [0.1, 0.15) is 0 Å². The molecule has 8 nitrogen and oxygen atoms in total. The van der Waals surface area contributed by atoms with E-state index in [1.165, 1.54) is 4.90 Å². The number of para-hydroxylation sites is 3. The van der Waals surface area contributed by atoms with E-state index in [1.54, 1.807) is 42.5 Å². The van der Waals surface area contributed by atoms with Crippen molar-refractivity contribution >= 4 is 82.9 Å². The summed E-state index contributed by atoms with van der Waals surface area (Å²) in [7, 11) is 0. The van der Waals surface area contributed by atoms with E-state index in [0.29, 0.717) is 33.6 Å². The molecule has 0 fully saturated rings. The van der Waals surface area contributed by atoms with Crippen LogP contribution < -0.4 is 4.90 Å². The second kappa shape index (κ2) is 15.6. The number of nitrogens with zero attached hydrogens (tertiary/aromatic N) is 6. The number of carbonyl (C=O) groups excluding carboxylic acids is 2. The number of benzene rings is 10. The summed E-state index contributed by atoms with van der Waals surface area (Å²) in [5.74, 6) is -0.821. The Morgan fingerprint density at radius 3 is 1.18 bits per heavy atom. The lowest BCUT2D eigenvalue weighted by molar-refractivity contribution is 0.0926. The van der Waals surface area contributed by atoms with Crippen molar-refractivity contribution in [1.29, 1.82) is 10.5 Å². The summed E-state index contributed by atoms with van der Waals surface area (Å²) < 4.78 is 6.64. The third kappa shape index (κ3) is 5.97. The van der Waals surface area contributed by atoms with Crippen LogP contribution in [0.4, 0.5) is 5.69 Å². The highest BCUT2D eigenvalue weighted by Crippen LogP contribution is 2.43. The van der Waals surface area contributed by atoms with Crippen LogP contribution in [0.2, 0.25) is 0 Å². The minimum atomic E-state index is -0.410. The third-order valence-corrected chi connectivity index (χ3v) is 14.4. The first-order valence-corrected chi connectivity index (χ1v) is 23.7. The normalized spacial score (nSPS) is 12.4. The maximum absolute atomic E-state index is 14.2. The second-order valence-electron chi connectivity index (χ2n) is 18.3. The Labute approximate surface area is 411 Å². The van der Waals surface area contributed by atoms with Gasteiger partial charge >= 0.3 is 0 Å². The van der Waals surface area contributed by atoms with Crippen molar-refractivity contribution in [1.82, 2.24) is 13.7 Å². The lowest BCUT2D eigenvalue weighted by atomic mass is 9.98. The predicted molar refractivity (Wildman–Crippen MR) is 287 cm³/mol. The molecule has 0 saturated carbocycles. The number of hydrogen-bond acceptors (Lipinski definition) is 4. The van der Waals surface area contributed by atoms with E-state index in [-0.39, 0.29) is 0 Å². The van der Waals surface area contributed by atoms with E-state index < -0.39 is 11.8 Å². The van der Waals surface area contributed by atoms with Gasteiger partial charge in [-0.15, -0.1) is 0 Å². The van der Waals surface area contributed by atoms with Gasteiger partial charge in [-0.2, -0.15) is 10.5 Å². The molecule has 0 atom stereocenters. The number of amides is 2. The molecule has 0 spiro atoms. The largest absolute Gasteiger partial charge is 0.309 e. The van der Waals surface area contributed by atoms with E-state index >= 15 is 0 Å². The first kappa shape index (κ1) is 40.8. The number of rotatable bonds is 6. The van der Waals surface area contributed by atoms with E-state index in [9.17, 15) is 20.1 Å². The van der Waals surface area contributed by atoms with Crippen molar-refractivity contribution in [2.45, 2.75) is 0 Å². The van der Waals surface area contributed by atoms with Gasteiger partial charge in [0.05, 0.1) is 78.9 Å². The Balaban J connectivity index is 0.991. The molecule has 1 aliphatic rings. The molecule has 13 aromatic rings. The summed E-state index contributed by atoms with van der Waals surface area (Å²) in [6.45, 7) is 0. The van der Waals surface area contributed by atoms with Gasteiger partial charge in [0.2, 0.25) is 0 Å². The van der Waals surface area contributed by atoms with E-state index in [4.69, 9.17) is 0 Å². The van der Waals surface area contributed by atoms with Crippen LogP contribution in [-0.4, -0.2) is 25.5 Å². The van der Waals surface area contributed by atoms with Crippen LogP contribution in [0.1, 0.15) is 31.8 Å². The number of nitriles is 2. The molecule has 10 aromatic carbocycles. The Kier molecular flexibility index (Phi) is 8.85. The van der Waals surface area contributed by atoms with E-state index in [0.717, 1.165) is 99.0 Å². The molecule has 1 aliphatic heterocycles. The van der Waals surface area contributed by atoms with Crippen molar-refractivity contribution in [2.75, 3.05) is 4.90 Å². The monoisotopic (exact) mass is 920 g/mol. The van der Waals surface area contributed by atoms with Gasteiger partial charge in [-0.1, -0.05) is 91.0 Å². The van der Waals surface area contributed by atoms with Crippen LogP contribution in [0.3, 0.4) is 0 Å². The molecule has 0 N–H and O–H groups in total. The van der Waals surface area contributed by atoms with Crippen molar-refractivity contribution in [3.05, 3.63) is 241 Å². The van der Waals surface area contributed by atoms with Gasteiger partial charge < -0.3 is 13.7 Å². The summed E-state index contributed by atoms with van der Waals surface area (Å²) >= 11 is 0. The molecule has 0 bridgehead atoms. The topological polar surface area (TPSA) is 99.8 Å². The molecular weight excluding hydrogens is 885 g/mol. The molecular formula is C64H36N6O2. The number of aromatic nitrogens is 3. The van der Waals surface area contributed by atoms with Gasteiger partial charge in [0.25, 0.3) is 11.8 Å². The van der Waals surface area contributed by atoms with Gasteiger partial charge in [0.15, 0.2) is 0 Å². The van der Waals surface area contributed by atoms with Crippen LogP contribution in [0.5, 0.6) is 0 Å². The van der Waals surface area contributed by atoms with Crippen LogP contribution in [0, 0.1) is 22.7 Å². The minimum Gasteiger partial charge on any atom is -0.309 e. The lowest BCUT2D eigenvalue weighted by Crippen LogP contribution is -2.30. The van der Waals surface area contributed by atoms with E-state index in [1.807, 2.05) is 36.4 Å². The quantitative estimate of drug-likeness (QED) is 0.155. The fourth-order valence-electron chi connectivity index (χ4n) is 11.1. The van der Waals surface area contributed by atoms with Crippen molar-refractivity contribution in [2.24, 2.45) is 0 Å². The fraction of sp³-hybridized carbons (Fsp3) is 0. The number of fused-ring (bicyclic) bond motifs is 10. The second-order valence-corrected chi connectivity index (χ2v) is 18.3. The summed E-state index contributed by atoms with van der Waals surface area (Å²) in [6.07, 6.45) is 0. The Bertz CT molecular complexity index is 4540. The molecule has 2 amide bonds. The third-order valence-electron chi connectivity index (χ3n) is 14.4. The fourth-order valence-corrected chi connectivity index (χ4v) is 11.1. The maximum atomic E-state index is 14.2. The smallest absolute Gasteiger partial charge is 0.266 e. The highest BCUT2D eigenvalue weighted by molar-refractivity contribution is 6.35. The predicted octanol–water partition coefficient (Wildman–Crippen LogP) is 14.9. The maximum Gasteiger partial charge on any atom is 0.266 e. The number of anilines is 1. The van der Waals surface area contributed by atoms with Crippen LogP contribution in [0.15, 0.2) is 218 Å². The average molecular weight is 921 g/mol. The van der Waals surface area contributed by atoms with Gasteiger partial charge in [-0.3, -0.25) is 9.59 Å². The lowest BCUT2D eigenvalue weighted by Gasteiger charge is -2.20. The highest BCUT2D eigenvalue weighted by atomic mass is 16.2. The van der Waals surface area contributed by atoms with Crippen LogP contribution in [-0.2, 0) is 0 Å². The Morgan fingerprint density at radius 1 is 0.306 bits per heavy atom. The number of hydrogen-bond donors (Lipinski definition) is 0. The zero-order valence-electron chi connectivity index (χ0n) is 38.3. The van der Waals surface area contributed by atoms with Crippen LogP contribution >= 0.6 is 0 Å². The SMILES string of the molecule is N#Cc1ccc(-n2c3ccccc3c3cc(-c4ccc5c(c4)c4cc(-c6ccc7c(c6)c6ccccc6n7-c6ccccc6)ccc4n5-c4cc(C#N)ccc4N4C(=O)c5ccccc5C4=O)ccc32)cc1. The van der Waals surface area contributed by atoms with Crippen LogP contribution in [0.25, 0.3) is 105 Å². The minimum absolute atomic E-state index is 0.343. The van der Waals surface area contributed by atoms with Gasteiger partial charge in [-0.25, -0.2) is 4.90 Å². The standard InChI is InChI=1S/C64H36N6O2/c65-37-39-18-25-46(26-19-39)68-56-17-9-7-13-48(56)52-34-42(22-29-58(52)68)44-24-31-60-54(36-44)53-35-43(41-21-28-57-51(33-41)47-12-6-8-16-55(47)67(57)45-10-2-1-3-11-45)23-30-59(53)69(60)62-32-40(38-66)20-27-61(62)70-63(71)49-14-4-5-15-50(49)64(70)72/h1-36H. The zero-order chi connectivity index (χ0) is 48.2. The number of carbonyl (C=O) groups is 2. The summed E-state index contributed by atoms with van der Waals surface area (Å²) in [6, 6.07) is 77.8. The summed E-state index contributed by atoms with van der Waals surface area (Å²) in [5, 5.41) is 26.3. The van der Waals surface area contributed by atoms with Gasteiger partial charge in [-0.05, 0) is 150 Å².